The first kappa shape index (κ1) is 19.3. The largest absolute Gasteiger partial charge is 0.486 e. The molecule has 1 atom stereocenters. The van der Waals surface area contributed by atoms with E-state index >= 15 is 0 Å². The molecule has 4 rings (SSSR count). The van der Waals surface area contributed by atoms with Gasteiger partial charge in [0.05, 0.1) is 6.04 Å². The Labute approximate surface area is 169 Å². The van der Waals surface area contributed by atoms with Gasteiger partial charge in [-0.1, -0.05) is 0 Å². The van der Waals surface area contributed by atoms with Gasteiger partial charge in [0.2, 0.25) is 0 Å². The molecule has 0 spiro atoms. The molecule has 1 unspecified atom stereocenters. The lowest BCUT2D eigenvalue weighted by Gasteiger charge is -2.28. The lowest BCUT2D eigenvalue weighted by Crippen LogP contribution is -2.41. The fraction of sp³-hybridized carbons (Fsp3) is 0.429. The maximum atomic E-state index is 12.4. The Morgan fingerprint density at radius 3 is 2.55 bits per heavy atom. The van der Waals surface area contributed by atoms with Crippen LogP contribution in [0.15, 0.2) is 36.5 Å². The topological polar surface area (TPSA) is 84.8 Å². The Bertz CT molecular complexity index is 889. The molecular formula is C21H26N4O4. The van der Waals surface area contributed by atoms with Crippen molar-refractivity contribution in [3.05, 3.63) is 42.2 Å². The first-order chi connectivity index (χ1) is 14.1. The van der Waals surface area contributed by atoms with Crippen LogP contribution in [-0.4, -0.2) is 54.1 Å². The molecule has 1 aromatic carbocycles. The van der Waals surface area contributed by atoms with Crippen molar-refractivity contribution in [2.45, 2.75) is 18.9 Å². The van der Waals surface area contributed by atoms with Crippen molar-refractivity contribution < 1.29 is 19.1 Å². The van der Waals surface area contributed by atoms with E-state index in [1.807, 2.05) is 19.3 Å². The molecule has 0 bridgehead atoms. The number of hydrogen-bond acceptors (Lipinski definition) is 5. The average Bonchev–Trinajstić information content (AvgIpc) is 3.40. The zero-order valence-corrected chi connectivity index (χ0v) is 16.5. The Morgan fingerprint density at radius 2 is 1.83 bits per heavy atom. The highest BCUT2D eigenvalue weighted by atomic mass is 16.6. The van der Waals surface area contributed by atoms with Crippen molar-refractivity contribution in [3.8, 4) is 11.5 Å². The van der Waals surface area contributed by atoms with E-state index in [1.54, 1.807) is 18.2 Å². The molecule has 154 valence electrons. The van der Waals surface area contributed by atoms with Crippen molar-refractivity contribution in [1.82, 2.24) is 14.8 Å². The summed E-state index contributed by atoms with van der Waals surface area (Å²) < 4.78 is 13.0. The predicted octanol–water partition coefficient (Wildman–Crippen LogP) is 1.69. The third-order valence-corrected chi connectivity index (χ3v) is 5.37. The van der Waals surface area contributed by atoms with E-state index in [2.05, 4.69) is 26.2 Å². The van der Waals surface area contributed by atoms with Crippen LogP contribution in [-0.2, 0) is 16.6 Å². The zero-order valence-electron chi connectivity index (χ0n) is 16.5. The quantitative estimate of drug-likeness (QED) is 0.749. The van der Waals surface area contributed by atoms with Gasteiger partial charge in [0.15, 0.2) is 11.5 Å². The van der Waals surface area contributed by atoms with Gasteiger partial charge in [-0.15, -0.1) is 0 Å². The van der Waals surface area contributed by atoms with Crippen LogP contribution in [0.3, 0.4) is 0 Å². The monoisotopic (exact) mass is 398 g/mol. The molecule has 0 aliphatic carbocycles. The summed E-state index contributed by atoms with van der Waals surface area (Å²) in [6.45, 7) is 3.33. The van der Waals surface area contributed by atoms with Crippen LogP contribution < -0.4 is 20.1 Å². The van der Waals surface area contributed by atoms with E-state index in [0.29, 0.717) is 36.9 Å². The number of carbonyl (C=O) groups excluding carboxylic acids is 2. The third kappa shape index (κ3) is 4.37. The van der Waals surface area contributed by atoms with Crippen LogP contribution in [0.4, 0.5) is 5.69 Å². The predicted molar refractivity (Wildman–Crippen MR) is 108 cm³/mol. The molecule has 8 heteroatoms. The number of nitrogens with zero attached hydrogens (tertiary/aromatic N) is 2. The number of rotatable bonds is 5. The number of aromatic nitrogens is 1. The van der Waals surface area contributed by atoms with Gasteiger partial charge in [0, 0.05) is 37.2 Å². The third-order valence-electron chi connectivity index (χ3n) is 5.37. The minimum atomic E-state index is -0.700. The number of nitrogens with one attached hydrogen (secondary N) is 2. The molecule has 1 saturated heterocycles. The normalized spacial score (nSPS) is 17.0. The van der Waals surface area contributed by atoms with Crippen LogP contribution >= 0.6 is 0 Å². The van der Waals surface area contributed by atoms with Crippen LogP contribution in [0.5, 0.6) is 11.5 Å². The molecule has 2 aliphatic rings. The summed E-state index contributed by atoms with van der Waals surface area (Å²) in [4.78, 5) is 27.1. The van der Waals surface area contributed by atoms with Crippen molar-refractivity contribution >= 4 is 17.5 Å². The number of carbonyl (C=O) groups is 2. The summed E-state index contributed by atoms with van der Waals surface area (Å²) in [5, 5.41) is 5.42. The molecule has 2 N–H and O–H groups in total. The van der Waals surface area contributed by atoms with Gasteiger partial charge in [-0.05, 0) is 50.2 Å². The number of hydrogen-bond donors (Lipinski definition) is 2. The van der Waals surface area contributed by atoms with Crippen LogP contribution in [0.2, 0.25) is 0 Å². The number of fused-ring (bicyclic) bond motifs is 1. The van der Waals surface area contributed by atoms with Gasteiger partial charge in [-0.2, -0.15) is 0 Å². The summed E-state index contributed by atoms with van der Waals surface area (Å²) in [5.74, 6) is -0.158. The summed E-state index contributed by atoms with van der Waals surface area (Å²) >= 11 is 0. The number of likely N-dealkylation sites (tertiary alicyclic amines) is 1. The van der Waals surface area contributed by atoms with Crippen LogP contribution in [0, 0.1) is 0 Å². The Morgan fingerprint density at radius 1 is 1.07 bits per heavy atom. The summed E-state index contributed by atoms with van der Waals surface area (Å²) in [5.41, 5.74) is 1.62. The Hall–Kier alpha value is -3.00. The molecule has 0 radical (unpaired) electrons. The fourth-order valence-electron chi connectivity index (χ4n) is 3.87. The minimum Gasteiger partial charge on any atom is -0.486 e. The number of amides is 2. The molecule has 3 heterocycles. The highest BCUT2D eigenvalue weighted by molar-refractivity contribution is 6.39. The first-order valence-electron chi connectivity index (χ1n) is 9.96. The fourth-order valence-corrected chi connectivity index (χ4v) is 3.87. The maximum absolute atomic E-state index is 12.4. The second kappa shape index (κ2) is 8.57. The zero-order chi connectivity index (χ0) is 20.2. The van der Waals surface area contributed by atoms with E-state index in [1.165, 1.54) is 0 Å². The molecule has 8 nitrogen and oxygen atoms in total. The molecule has 29 heavy (non-hydrogen) atoms. The highest BCUT2D eigenvalue weighted by Gasteiger charge is 2.26. The van der Waals surface area contributed by atoms with Crippen molar-refractivity contribution in [1.29, 1.82) is 0 Å². The van der Waals surface area contributed by atoms with E-state index in [-0.39, 0.29) is 6.04 Å². The molecule has 1 aromatic heterocycles. The number of anilines is 1. The standard InChI is InChI=1S/C21H26N4O4/c1-24-8-4-5-16(24)17(25-9-2-3-10-25)14-22-20(26)21(27)23-15-6-7-18-19(13-15)29-12-11-28-18/h4-8,13,17H,2-3,9-12,14H2,1H3,(H,22,26)(H,23,27). The summed E-state index contributed by atoms with van der Waals surface area (Å²) in [7, 11) is 1.99. The van der Waals surface area contributed by atoms with Crippen molar-refractivity contribution in [2.24, 2.45) is 7.05 Å². The summed E-state index contributed by atoms with van der Waals surface area (Å²) in [6, 6.07) is 9.18. The first-order valence-corrected chi connectivity index (χ1v) is 9.96. The molecule has 2 amide bonds. The molecule has 2 aliphatic heterocycles. The highest BCUT2D eigenvalue weighted by Crippen LogP contribution is 2.32. The average molecular weight is 398 g/mol. The van der Waals surface area contributed by atoms with Crippen molar-refractivity contribution in [3.63, 3.8) is 0 Å². The van der Waals surface area contributed by atoms with E-state index in [0.717, 1.165) is 31.6 Å². The van der Waals surface area contributed by atoms with E-state index < -0.39 is 11.8 Å². The smallest absolute Gasteiger partial charge is 0.313 e. The molecule has 1 fully saturated rings. The van der Waals surface area contributed by atoms with Crippen LogP contribution in [0.25, 0.3) is 0 Å². The Kier molecular flexibility index (Phi) is 5.71. The SMILES string of the molecule is Cn1cccc1C(CNC(=O)C(=O)Nc1ccc2c(c1)OCCO2)N1CCCC1. The molecule has 0 saturated carbocycles. The van der Waals surface area contributed by atoms with E-state index in [9.17, 15) is 9.59 Å². The Balaban J connectivity index is 1.37. The lowest BCUT2D eigenvalue weighted by molar-refractivity contribution is -0.136. The molecular weight excluding hydrogens is 372 g/mol. The second-order valence-electron chi connectivity index (χ2n) is 7.33. The number of ether oxygens (including phenoxy) is 2. The van der Waals surface area contributed by atoms with Gasteiger partial charge in [0.1, 0.15) is 13.2 Å². The van der Waals surface area contributed by atoms with E-state index in [4.69, 9.17) is 9.47 Å². The molecule has 2 aromatic rings. The second-order valence-corrected chi connectivity index (χ2v) is 7.33. The van der Waals surface area contributed by atoms with Gasteiger partial charge in [0.25, 0.3) is 0 Å². The lowest BCUT2D eigenvalue weighted by atomic mass is 10.1. The minimum absolute atomic E-state index is 0.0449. The van der Waals surface area contributed by atoms with Gasteiger partial charge in [-0.25, -0.2) is 0 Å². The van der Waals surface area contributed by atoms with Crippen molar-refractivity contribution in [2.75, 3.05) is 38.2 Å². The summed E-state index contributed by atoms with van der Waals surface area (Å²) in [6.07, 6.45) is 4.30. The maximum Gasteiger partial charge on any atom is 0.313 e. The number of benzene rings is 1. The van der Waals surface area contributed by atoms with Crippen LogP contribution in [0.1, 0.15) is 24.6 Å². The van der Waals surface area contributed by atoms with Gasteiger partial charge >= 0.3 is 11.8 Å². The number of aryl methyl sites for hydroxylation is 1. The van der Waals surface area contributed by atoms with Gasteiger partial charge in [-0.3, -0.25) is 14.5 Å². The van der Waals surface area contributed by atoms with Gasteiger partial charge < -0.3 is 24.7 Å².